The number of halogens is 2. The summed E-state index contributed by atoms with van der Waals surface area (Å²) in [6.45, 7) is 6.54. The number of hydrogen-bond acceptors (Lipinski definition) is 12. The number of unbranched alkanes of at least 4 members (excludes halogenated alkanes) is 2. The molecule has 12 nitrogen and oxygen atoms in total. The highest BCUT2D eigenvalue weighted by Gasteiger charge is 2.17. The topological polar surface area (TPSA) is 155 Å². The summed E-state index contributed by atoms with van der Waals surface area (Å²) in [6.07, 6.45) is 9.60. The smallest absolute Gasteiger partial charge is 0.222 e. The number of pyridine rings is 1. The maximum atomic E-state index is 6.27. The highest BCUT2D eigenvalue weighted by atomic mass is 79.9. The Morgan fingerprint density at radius 2 is 1.27 bits per heavy atom. The van der Waals surface area contributed by atoms with E-state index in [0.717, 1.165) is 40.4 Å². The van der Waals surface area contributed by atoms with E-state index in [-0.39, 0.29) is 5.95 Å². The zero-order valence-corrected chi connectivity index (χ0v) is 28.5. The first-order valence-corrected chi connectivity index (χ1v) is 16.3. The lowest BCUT2D eigenvalue weighted by Crippen LogP contribution is -2.15. The van der Waals surface area contributed by atoms with Crippen LogP contribution in [0.5, 0.6) is 5.75 Å². The van der Waals surface area contributed by atoms with E-state index in [1.165, 1.54) is 0 Å². The van der Waals surface area contributed by atoms with Gasteiger partial charge in [0.15, 0.2) is 5.65 Å². The molecule has 246 valence electrons. The van der Waals surface area contributed by atoms with Gasteiger partial charge in [0.25, 0.3) is 0 Å². The monoisotopic (exact) mass is 753 g/mol. The van der Waals surface area contributed by atoms with Gasteiger partial charge in [0.1, 0.15) is 18.2 Å². The first-order valence-electron chi connectivity index (χ1n) is 14.7. The van der Waals surface area contributed by atoms with Crippen LogP contribution < -0.4 is 16.2 Å². The van der Waals surface area contributed by atoms with Gasteiger partial charge in [0.05, 0.1) is 77.1 Å². The number of fused-ring (bicyclic) bond motifs is 1. The summed E-state index contributed by atoms with van der Waals surface area (Å²) in [5.41, 5.74) is 13.9. The number of nitrogens with two attached hydrogens (primary N) is 2. The minimum Gasteiger partial charge on any atom is -0.490 e. The maximum Gasteiger partial charge on any atom is 0.222 e. The van der Waals surface area contributed by atoms with Crippen molar-refractivity contribution in [3.8, 4) is 29.2 Å². The Labute approximate surface area is 281 Å². The van der Waals surface area contributed by atoms with Crippen LogP contribution in [0.15, 0.2) is 33.3 Å². The lowest BCUT2D eigenvalue weighted by molar-refractivity contribution is -0.0179. The van der Waals surface area contributed by atoms with Gasteiger partial charge in [-0.05, 0) is 47.0 Å². The lowest BCUT2D eigenvalue weighted by Gasteiger charge is -2.15. The third-order valence-corrected chi connectivity index (χ3v) is 7.59. The van der Waals surface area contributed by atoms with Gasteiger partial charge in [-0.1, -0.05) is 15.9 Å². The van der Waals surface area contributed by atoms with E-state index in [1.54, 1.807) is 6.20 Å². The van der Waals surface area contributed by atoms with E-state index in [4.69, 9.17) is 51.0 Å². The Bertz CT molecular complexity index is 1350. The molecular formula is C31H41Br2N5O7. The van der Waals surface area contributed by atoms with Crippen LogP contribution in [0.25, 0.3) is 22.2 Å². The fraction of sp³-hybridized carbons (Fsp3) is 0.516. The van der Waals surface area contributed by atoms with Crippen LogP contribution >= 0.6 is 31.9 Å². The SMILES string of the molecule is C#CCCCCOCCOCCOCCOCCOCCOCCOc1ccc(Br)c(-c2cc3cnc(N)nc3nc2N)c1Br. The molecule has 0 radical (unpaired) electrons. The third-order valence-electron chi connectivity index (χ3n) is 6.15. The van der Waals surface area contributed by atoms with Gasteiger partial charge >= 0.3 is 0 Å². The Hall–Kier alpha value is -2.61. The van der Waals surface area contributed by atoms with Crippen molar-refractivity contribution in [2.24, 2.45) is 0 Å². The van der Waals surface area contributed by atoms with Crippen molar-refractivity contribution in [2.45, 2.75) is 19.3 Å². The first kappa shape index (κ1) is 36.9. The van der Waals surface area contributed by atoms with Crippen LogP contribution in [0, 0.1) is 12.3 Å². The Morgan fingerprint density at radius 1 is 0.711 bits per heavy atom. The second kappa shape index (κ2) is 22.0. The van der Waals surface area contributed by atoms with E-state index >= 15 is 0 Å². The molecule has 14 heteroatoms. The van der Waals surface area contributed by atoms with Crippen LogP contribution in [0.2, 0.25) is 0 Å². The number of rotatable bonds is 24. The summed E-state index contributed by atoms with van der Waals surface area (Å²) >= 11 is 7.26. The second-order valence-corrected chi connectivity index (χ2v) is 11.1. The van der Waals surface area contributed by atoms with Gasteiger partial charge in [0, 0.05) is 40.2 Å². The Kier molecular flexibility index (Phi) is 18.0. The highest BCUT2D eigenvalue weighted by Crippen LogP contribution is 2.43. The molecule has 0 fully saturated rings. The third kappa shape index (κ3) is 13.7. The van der Waals surface area contributed by atoms with Gasteiger partial charge in [0.2, 0.25) is 5.95 Å². The van der Waals surface area contributed by atoms with Gasteiger partial charge in [-0.3, -0.25) is 0 Å². The van der Waals surface area contributed by atoms with Crippen LogP contribution in [0.1, 0.15) is 19.3 Å². The Balaban J connectivity index is 1.18. The van der Waals surface area contributed by atoms with E-state index in [0.29, 0.717) is 107 Å². The van der Waals surface area contributed by atoms with Crippen molar-refractivity contribution in [2.75, 3.05) is 97.4 Å². The minimum atomic E-state index is 0.138. The standard InChI is InChI=1S/C31H41Br2N5O7/c1-2-3-4-5-8-39-9-10-40-11-12-41-13-14-42-15-16-43-17-18-44-19-20-45-26-7-6-25(32)27(28(26)33)24-21-23-22-36-31(35)38-30(23)37-29(24)34/h1,6-7,21-22H,3-5,8-20H2,(H4,34,35,36,37,38). The lowest BCUT2D eigenvalue weighted by atomic mass is 10.1. The predicted molar refractivity (Wildman–Crippen MR) is 180 cm³/mol. The summed E-state index contributed by atoms with van der Waals surface area (Å²) in [4.78, 5) is 12.6. The summed E-state index contributed by atoms with van der Waals surface area (Å²) < 4.78 is 40.6. The minimum absolute atomic E-state index is 0.138. The molecule has 3 rings (SSSR count). The Morgan fingerprint density at radius 3 is 1.84 bits per heavy atom. The van der Waals surface area contributed by atoms with Crippen LogP contribution in [0.3, 0.4) is 0 Å². The van der Waals surface area contributed by atoms with Crippen LogP contribution in [0.4, 0.5) is 11.8 Å². The van der Waals surface area contributed by atoms with Crippen molar-refractivity contribution in [3.63, 3.8) is 0 Å². The molecule has 0 amide bonds. The molecule has 0 unspecified atom stereocenters. The highest BCUT2D eigenvalue weighted by molar-refractivity contribution is 9.11. The molecule has 3 aromatic rings. The molecular weight excluding hydrogens is 714 g/mol. The number of terminal acetylenes is 1. The van der Waals surface area contributed by atoms with Gasteiger partial charge in [-0.2, -0.15) is 4.98 Å². The van der Waals surface area contributed by atoms with Gasteiger partial charge in [-0.15, -0.1) is 12.3 Å². The zero-order chi connectivity index (χ0) is 32.1. The molecule has 2 aromatic heterocycles. The summed E-state index contributed by atoms with van der Waals surface area (Å²) in [5, 5.41) is 0.716. The summed E-state index contributed by atoms with van der Waals surface area (Å²) in [5.74, 6) is 3.71. The number of benzene rings is 1. The summed E-state index contributed by atoms with van der Waals surface area (Å²) in [6, 6.07) is 5.62. The molecule has 2 heterocycles. The molecule has 0 aliphatic heterocycles. The molecule has 1 aromatic carbocycles. The molecule has 0 aliphatic rings. The molecule has 0 saturated carbocycles. The van der Waals surface area contributed by atoms with Crippen LogP contribution in [-0.2, 0) is 28.4 Å². The average Bonchev–Trinajstić information content (AvgIpc) is 3.02. The van der Waals surface area contributed by atoms with Crippen molar-refractivity contribution in [3.05, 3.63) is 33.3 Å². The van der Waals surface area contributed by atoms with Crippen molar-refractivity contribution in [1.29, 1.82) is 0 Å². The summed E-state index contributed by atoms with van der Waals surface area (Å²) in [7, 11) is 0. The fourth-order valence-electron chi connectivity index (χ4n) is 3.93. The van der Waals surface area contributed by atoms with Crippen molar-refractivity contribution < 1.29 is 33.2 Å². The predicted octanol–water partition coefficient (Wildman–Crippen LogP) is 4.66. The fourth-order valence-corrected chi connectivity index (χ4v) is 5.41. The second-order valence-electron chi connectivity index (χ2n) is 9.48. The van der Waals surface area contributed by atoms with E-state index in [2.05, 4.69) is 52.7 Å². The number of aromatic nitrogens is 3. The van der Waals surface area contributed by atoms with Crippen LogP contribution in [-0.4, -0.2) is 101 Å². The van der Waals surface area contributed by atoms with Gasteiger partial charge < -0.3 is 44.6 Å². The van der Waals surface area contributed by atoms with E-state index < -0.39 is 0 Å². The van der Waals surface area contributed by atoms with Gasteiger partial charge in [-0.25, -0.2) is 9.97 Å². The van der Waals surface area contributed by atoms with E-state index in [1.807, 2.05) is 18.2 Å². The maximum absolute atomic E-state index is 6.27. The molecule has 0 spiro atoms. The molecule has 0 aliphatic carbocycles. The van der Waals surface area contributed by atoms with Crippen molar-refractivity contribution in [1.82, 2.24) is 15.0 Å². The first-order chi connectivity index (χ1) is 22.0. The largest absolute Gasteiger partial charge is 0.490 e. The molecule has 0 atom stereocenters. The zero-order valence-electron chi connectivity index (χ0n) is 25.3. The molecule has 45 heavy (non-hydrogen) atoms. The average molecular weight is 756 g/mol. The van der Waals surface area contributed by atoms with Crippen molar-refractivity contribution >= 4 is 54.7 Å². The number of ether oxygens (including phenoxy) is 7. The quantitative estimate of drug-likeness (QED) is 0.0965. The number of nitrogen functional groups attached to an aromatic ring is 2. The molecule has 4 N–H and O–H groups in total. The normalized spacial score (nSPS) is 11.2. The number of anilines is 2. The molecule has 0 bridgehead atoms. The molecule has 0 saturated heterocycles. The number of nitrogens with zero attached hydrogens (tertiary/aromatic N) is 3. The van der Waals surface area contributed by atoms with E-state index in [9.17, 15) is 0 Å². The number of hydrogen-bond donors (Lipinski definition) is 2.